The first-order valence-corrected chi connectivity index (χ1v) is 5.28. The van der Waals surface area contributed by atoms with Crippen LogP contribution in [0.3, 0.4) is 0 Å². The number of carbonyl (C=O) groups excluding carboxylic acids is 2. The predicted molar refractivity (Wildman–Crippen MR) is 55.1 cm³/mol. The Kier molecular flexibility index (Phi) is 4.08. The first-order chi connectivity index (χ1) is 7.04. The van der Waals surface area contributed by atoms with Gasteiger partial charge in [0.05, 0.1) is 12.6 Å². The summed E-state index contributed by atoms with van der Waals surface area (Å²) in [5.41, 5.74) is 0. The van der Waals surface area contributed by atoms with Crippen LogP contribution in [0, 0.1) is 0 Å². The van der Waals surface area contributed by atoms with Gasteiger partial charge in [0.15, 0.2) is 0 Å². The first-order valence-electron chi connectivity index (χ1n) is 5.28. The number of hydrogen-bond acceptors (Lipinski definition) is 3. The van der Waals surface area contributed by atoms with E-state index in [1.54, 1.807) is 16.7 Å². The summed E-state index contributed by atoms with van der Waals surface area (Å²) >= 11 is 0. The number of amides is 2. The molecule has 0 aliphatic carbocycles. The van der Waals surface area contributed by atoms with Gasteiger partial charge in [-0.15, -0.1) is 0 Å². The molecule has 1 rings (SSSR count). The van der Waals surface area contributed by atoms with Crippen LogP contribution in [0.5, 0.6) is 0 Å². The molecule has 0 saturated carbocycles. The molecule has 0 aromatic carbocycles. The van der Waals surface area contributed by atoms with Crippen molar-refractivity contribution in [1.82, 2.24) is 9.80 Å². The SMILES string of the molecule is CCN1CC(=O)N(CC(C)O)CCC1=O. The molecule has 1 aliphatic rings. The Morgan fingerprint density at radius 1 is 1.33 bits per heavy atom. The third-order valence-corrected chi connectivity index (χ3v) is 2.49. The largest absolute Gasteiger partial charge is 0.392 e. The van der Waals surface area contributed by atoms with E-state index in [0.717, 1.165) is 0 Å². The summed E-state index contributed by atoms with van der Waals surface area (Å²) in [4.78, 5) is 26.3. The Hall–Kier alpha value is -1.10. The second-order valence-electron chi connectivity index (χ2n) is 3.85. The van der Waals surface area contributed by atoms with Gasteiger partial charge >= 0.3 is 0 Å². The molecule has 5 nitrogen and oxygen atoms in total. The van der Waals surface area contributed by atoms with E-state index < -0.39 is 6.10 Å². The average Bonchev–Trinajstić information content (AvgIpc) is 2.30. The van der Waals surface area contributed by atoms with E-state index in [-0.39, 0.29) is 18.4 Å². The van der Waals surface area contributed by atoms with Gasteiger partial charge in [-0.25, -0.2) is 0 Å². The smallest absolute Gasteiger partial charge is 0.242 e. The van der Waals surface area contributed by atoms with Crippen molar-refractivity contribution >= 4 is 11.8 Å². The highest BCUT2D eigenvalue weighted by Gasteiger charge is 2.25. The van der Waals surface area contributed by atoms with Crippen molar-refractivity contribution in [3.63, 3.8) is 0 Å². The van der Waals surface area contributed by atoms with Crippen LogP contribution in [0.4, 0.5) is 0 Å². The summed E-state index contributed by atoms with van der Waals surface area (Å²) in [5, 5.41) is 9.21. The Balaban J connectivity index is 2.64. The summed E-state index contributed by atoms with van der Waals surface area (Å²) in [5.74, 6) is -0.0671. The number of rotatable bonds is 3. The maximum absolute atomic E-state index is 11.7. The van der Waals surface area contributed by atoms with E-state index in [1.165, 1.54) is 0 Å². The minimum atomic E-state index is -0.544. The molecular weight excluding hydrogens is 196 g/mol. The molecule has 1 aliphatic heterocycles. The van der Waals surface area contributed by atoms with Gasteiger partial charge in [0.2, 0.25) is 11.8 Å². The van der Waals surface area contributed by atoms with Crippen LogP contribution < -0.4 is 0 Å². The van der Waals surface area contributed by atoms with Crippen LogP contribution in [0.1, 0.15) is 20.3 Å². The van der Waals surface area contributed by atoms with Gasteiger partial charge in [-0.3, -0.25) is 9.59 Å². The second kappa shape index (κ2) is 5.11. The predicted octanol–water partition coefficient (Wildman–Crippen LogP) is -0.552. The van der Waals surface area contributed by atoms with Gasteiger partial charge in [0.25, 0.3) is 0 Å². The van der Waals surface area contributed by atoms with E-state index >= 15 is 0 Å². The lowest BCUT2D eigenvalue weighted by Crippen LogP contribution is -2.40. The maximum atomic E-state index is 11.7. The van der Waals surface area contributed by atoms with Gasteiger partial charge in [0.1, 0.15) is 0 Å². The number of aliphatic hydroxyl groups excluding tert-OH is 1. The van der Waals surface area contributed by atoms with Gasteiger partial charge in [-0.05, 0) is 13.8 Å². The Morgan fingerprint density at radius 3 is 2.53 bits per heavy atom. The van der Waals surface area contributed by atoms with Crippen molar-refractivity contribution in [2.75, 3.05) is 26.2 Å². The third-order valence-electron chi connectivity index (χ3n) is 2.49. The van der Waals surface area contributed by atoms with E-state index in [4.69, 9.17) is 0 Å². The summed E-state index contributed by atoms with van der Waals surface area (Å²) in [7, 11) is 0. The highest BCUT2D eigenvalue weighted by Crippen LogP contribution is 2.06. The molecule has 1 atom stereocenters. The van der Waals surface area contributed by atoms with E-state index in [2.05, 4.69) is 0 Å². The van der Waals surface area contributed by atoms with Gasteiger partial charge < -0.3 is 14.9 Å². The highest BCUT2D eigenvalue weighted by molar-refractivity contribution is 5.87. The number of likely N-dealkylation sites (N-methyl/N-ethyl adjacent to an activating group) is 1. The summed E-state index contributed by atoms with van der Waals surface area (Å²) in [6, 6.07) is 0. The lowest BCUT2D eigenvalue weighted by molar-refractivity contribution is -0.136. The van der Waals surface area contributed by atoms with Crippen LogP contribution in [-0.4, -0.2) is 59.0 Å². The zero-order valence-electron chi connectivity index (χ0n) is 9.27. The van der Waals surface area contributed by atoms with Crippen LogP contribution in [0.25, 0.3) is 0 Å². The molecule has 1 fully saturated rings. The Morgan fingerprint density at radius 2 is 2.00 bits per heavy atom. The number of nitrogens with zero attached hydrogens (tertiary/aromatic N) is 2. The molecule has 0 aromatic rings. The van der Waals surface area contributed by atoms with Crippen molar-refractivity contribution in [2.45, 2.75) is 26.4 Å². The van der Waals surface area contributed by atoms with E-state index in [9.17, 15) is 14.7 Å². The molecule has 1 saturated heterocycles. The van der Waals surface area contributed by atoms with E-state index in [1.807, 2.05) is 6.92 Å². The topological polar surface area (TPSA) is 60.9 Å². The summed E-state index contributed by atoms with van der Waals surface area (Å²) < 4.78 is 0. The molecule has 1 N–H and O–H groups in total. The fourth-order valence-electron chi connectivity index (χ4n) is 1.67. The number of β-amino-alcohol motifs (C(OH)–C–C–N with tert-alkyl or cyclic N) is 1. The van der Waals surface area contributed by atoms with Gasteiger partial charge in [-0.1, -0.05) is 0 Å². The monoisotopic (exact) mass is 214 g/mol. The van der Waals surface area contributed by atoms with Crippen LogP contribution in [-0.2, 0) is 9.59 Å². The zero-order chi connectivity index (χ0) is 11.4. The first kappa shape index (κ1) is 12.0. The van der Waals surface area contributed by atoms with Crippen LogP contribution in [0.2, 0.25) is 0 Å². The zero-order valence-corrected chi connectivity index (χ0v) is 9.27. The molecule has 1 unspecified atom stereocenters. The summed E-state index contributed by atoms with van der Waals surface area (Å²) in [6.07, 6.45) is -0.191. The lowest BCUT2D eigenvalue weighted by atomic mass is 10.3. The standard InChI is InChI=1S/C10H18N2O3/c1-3-11-7-10(15)12(6-8(2)13)5-4-9(11)14/h8,13H,3-7H2,1-2H3. The van der Waals surface area contributed by atoms with Gasteiger partial charge in [0, 0.05) is 26.1 Å². The minimum absolute atomic E-state index is 0.0129. The third kappa shape index (κ3) is 3.20. The number of carbonyl (C=O) groups is 2. The number of hydrogen-bond donors (Lipinski definition) is 1. The molecule has 0 radical (unpaired) electrons. The van der Waals surface area contributed by atoms with Crippen LogP contribution >= 0.6 is 0 Å². The highest BCUT2D eigenvalue weighted by atomic mass is 16.3. The fraction of sp³-hybridized carbons (Fsp3) is 0.800. The Bertz CT molecular complexity index is 253. The molecule has 1 heterocycles. The molecule has 15 heavy (non-hydrogen) atoms. The quantitative estimate of drug-likeness (QED) is 0.685. The molecule has 0 spiro atoms. The minimum Gasteiger partial charge on any atom is -0.392 e. The molecule has 0 aromatic heterocycles. The molecule has 0 bridgehead atoms. The molecule has 5 heteroatoms. The van der Waals surface area contributed by atoms with Crippen molar-refractivity contribution in [3.8, 4) is 0 Å². The molecule has 2 amide bonds. The van der Waals surface area contributed by atoms with Crippen molar-refractivity contribution in [2.24, 2.45) is 0 Å². The molecule has 86 valence electrons. The maximum Gasteiger partial charge on any atom is 0.242 e. The van der Waals surface area contributed by atoms with Crippen molar-refractivity contribution in [3.05, 3.63) is 0 Å². The average molecular weight is 214 g/mol. The van der Waals surface area contributed by atoms with Crippen molar-refractivity contribution < 1.29 is 14.7 Å². The van der Waals surface area contributed by atoms with E-state index in [0.29, 0.717) is 26.1 Å². The second-order valence-corrected chi connectivity index (χ2v) is 3.85. The van der Waals surface area contributed by atoms with Crippen LogP contribution in [0.15, 0.2) is 0 Å². The van der Waals surface area contributed by atoms with Gasteiger partial charge in [-0.2, -0.15) is 0 Å². The molecular formula is C10H18N2O3. The summed E-state index contributed by atoms with van der Waals surface area (Å²) in [6.45, 7) is 4.92. The lowest BCUT2D eigenvalue weighted by Gasteiger charge is -2.22. The normalized spacial score (nSPS) is 20.5. The van der Waals surface area contributed by atoms with Crippen molar-refractivity contribution in [1.29, 1.82) is 0 Å². The Labute approximate surface area is 89.7 Å². The fourth-order valence-corrected chi connectivity index (χ4v) is 1.67. The number of aliphatic hydroxyl groups is 1.